The first-order chi connectivity index (χ1) is 16.0. The number of para-hydroxylation sites is 1. The van der Waals surface area contributed by atoms with Crippen molar-refractivity contribution in [1.29, 1.82) is 0 Å². The van der Waals surface area contributed by atoms with Gasteiger partial charge in [-0.1, -0.05) is 30.0 Å². The Kier molecular flexibility index (Phi) is 7.14. The lowest BCUT2D eigenvalue weighted by Gasteiger charge is -2.10. The van der Waals surface area contributed by atoms with Crippen LogP contribution in [0.5, 0.6) is 0 Å². The zero-order valence-electron chi connectivity index (χ0n) is 18.9. The van der Waals surface area contributed by atoms with E-state index in [0.717, 1.165) is 44.6 Å². The van der Waals surface area contributed by atoms with Crippen LogP contribution in [-0.4, -0.2) is 36.9 Å². The molecule has 0 atom stereocenters. The summed E-state index contributed by atoms with van der Waals surface area (Å²) >= 11 is 1.52. The SMILES string of the molecule is CSc1nc(C)c(CCC(=O)NCc2cn(-c3ccccc3)nc2-c2ccncc2)c(C)n1. The second-order valence-electron chi connectivity index (χ2n) is 7.66. The largest absolute Gasteiger partial charge is 0.352 e. The molecule has 8 heteroatoms. The third-order valence-corrected chi connectivity index (χ3v) is 5.97. The molecule has 1 N–H and O–H groups in total. The van der Waals surface area contributed by atoms with Crippen molar-refractivity contribution in [1.82, 2.24) is 30.0 Å². The lowest BCUT2D eigenvalue weighted by Crippen LogP contribution is -2.23. The third kappa shape index (κ3) is 5.46. The number of hydrogen-bond acceptors (Lipinski definition) is 6. The molecule has 0 saturated carbocycles. The smallest absolute Gasteiger partial charge is 0.220 e. The van der Waals surface area contributed by atoms with Gasteiger partial charge in [-0.2, -0.15) is 5.10 Å². The molecule has 0 saturated heterocycles. The van der Waals surface area contributed by atoms with Crippen molar-refractivity contribution in [3.05, 3.63) is 83.6 Å². The molecule has 0 aliphatic heterocycles. The lowest BCUT2D eigenvalue weighted by atomic mass is 10.1. The van der Waals surface area contributed by atoms with Crippen molar-refractivity contribution in [2.45, 2.75) is 38.4 Å². The second kappa shape index (κ2) is 10.4. The van der Waals surface area contributed by atoms with E-state index >= 15 is 0 Å². The minimum atomic E-state index is -0.0177. The van der Waals surface area contributed by atoms with Gasteiger partial charge in [-0.3, -0.25) is 9.78 Å². The van der Waals surface area contributed by atoms with Crippen LogP contribution in [0.3, 0.4) is 0 Å². The Morgan fingerprint density at radius 1 is 1.03 bits per heavy atom. The van der Waals surface area contributed by atoms with E-state index in [1.165, 1.54) is 11.8 Å². The number of thioether (sulfide) groups is 1. The average Bonchev–Trinajstić information content (AvgIpc) is 3.27. The number of carbonyl (C=O) groups excluding carboxylic acids is 1. The number of nitrogens with one attached hydrogen (secondary N) is 1. The number of carbonyl (C=O) groups is 1. The van der Waals surface area contributed by atoms with Gasteiger partial charge in [-0.05, 0) is 56.4 Å². The maximum Gasteiger partial charge on any atom is 0.220 e. The second-order valence-corrected chi connectivity index (χ2v) is 8.43. The maximum absolute atomic E-state index is 12.7. The summed E-state index contributed by atoms with van der Waals surface area (Å²) in [5, 5.41) is 8.59. The fourth-order valence-electron chi connectivity index (χ4n) is 3.69. The van der Waals surface area contributed by atoms with Crippen molar-refractivity contribution in [2.75, 3.05) is 6.26 Å². The van der Waals surface area contributed by atoms with E-state index in [1.54, 1.807) is 12.4 Å². The van der Waals surface area contributed by atoms with Gasteiger partial charge in [-0.15, -0.1) is 0 Å². The maximum atomic E-state index is 12.7. The van der Waals surface area contributed by atoms with E-state index in [-0.39, 0.29) is 5.91 Å². The molecule has 33 heavy (non-hydrogen) atoms. The fourth-order valence-corrected chi connectivity index (χ4v) is 4.14. The van der Waals surface area contributed by atoms with Crippen LogP contribution in [0.15, 0.2) is 66.2 Å². The monoisotopic (exact) mass is 458 g/mol. The van der Waals surface area contributed by atoms with Crippen molar-refractivity contribution in [3.63, 3.8) is 0 Å². The zero-order chi connectivity index (χ0) is 23.2. The van der Waals surface area contributed by atoms with Crippen LogP contribution in [0.4, 0.5) is 0 Å². The summed E-state index contributed by atoms with van der Waals surface area (Å²) in [7, 11) is 0. The summed E-state index contributed by atoms with van der Waals surface area (Å²) in [4.78, 5) is 25.8. The molecule has 0 unspecified atom stereocenters. The molecule has 3 aromatic heterocycles. The summed E-state index contributed by atoms with van der Waals surface area (Å²) in [6, 6.07) is 13.8. The minimum Gasteiger partial charge on any atom is -0.352 e. The Morgan fingerprint density at radius 3 is 2.39 bits per heavy atom. The topological polar surface area (TPSA) is 85.6 Å². The van der Waals surface area contributed by atoms with Crippen LogP contribution in [-0.2, 0) is 17.8 Å². The molecule has 0 aliphatic rings. The quantitative estimate of drug-likeness (QED) is 0.313. The summed E-state index contributed by atoms with van der Waals surface area (Å²) in [5.41, 5.74) is 6.60. The van der Waals surface area contributed by atoms with Gasteiger partial charge in [0.1, 0.15) is 0 Å². The van der Waals surface area contributed by atoms with Crippen molar-refractivity contribution < 1.29 is 4.79 Å². The lowest BCUT2D eigenvalue weighted by molar-refractivity contribution is -0.121. The van der Waals surface area contributed by atoms with Crippen LogP contribution < -0.4 is 5.32 Å². The molecule has 7 nitrogen and oxygen atoms in total. The minimum absolute atomic E-state index is 0.0177. The highest BCUT2D eigenvalue weighted by Crippen LogP contribution is 2.23. The number of amides is 1. The molecule has 168 valence electrons. The highest BCUT2D eigenvalue weighted by atomic mass is 32.2. The first-order valence-corrected chi connectivity index (χ1v) is 12.0. The van der Waals surface area contributed by atoms with Gasteiger partial charge >= 0.3 is 0 Å². The number of benzene rings is 1. The highest BCUT2D eigenvalue weighted by molar-refractivity contribution is 7.98. The molecule has 4 rings (SSSR count). The first-order valence-electron chi connectivity index (χ1n) is 10.7. The summed E-state index contributed by atoms with van der Waals surface area (Å²) in [6.07, 6.45) is 8.40. The molecule has 0 bridgehead atoms. The van der Waals surface area contributed by atoms with Crippen LogP contribution in [0, 0.1) is 13.8 Å². The highest BCUT2D eigenvalue weighted by Gasteiger charge is 2.15. The van der Waals surface area contributed by atoms with Crippen LogP contribution in [0.2, 0.25) is 0 Å². The van der Waals surface area contributed by atoms with Crippen LogP contribution in [0.25, 0.3) is 16.9 Å². The Hall–Kier alpha value is -3.52. The number of pyridine rings is 1. The van der Waals surface area contributed by atoms with Gasteiger partial charge in [0.05, 0.1) is 11.4 Å². The van der Waals surface area contributed by atoms with Crippen LogP contribution >= 0.6 is 11.8 Å². The Labute approximate surface area is 197 Å². The molecule has 0 fully saturated rings. The molecular formula is C25H26N6OS. The zero-order valence-corrected chi connectivity index (χ0v) is 19.8. The van der Waals surface area contributed by atoms with Crippen molar-refractivity contribution in [2.24, 2.45) is 0 Å². The summed E-state index contributed by atoms with van der Waals surface area (Å²) in [5.74, 6) is -0.0177. The van der Waals surface area contributed by atoms with E-state index in [2.05, 4.69) is 20.3 Å². The number of hydrogen-bond donors (Lipinski definition) is 1. The number of aromatic nitrogens is 5. The summed E-state index contributed by atoms with van der Waals surface area (Å²) < 4.78 is 1.84. The van der Waals surface area contributed by atoms with Gasteiger partial charge in [0.25, 0.3) is 0 Å². The van der Waals surface area contributed by atoms with E-state index < -0.39 is 0 Å². The molecule has 1 aromatic carbocycles. The van der Waals surface area contributed by atoms with Gasteiger partial charge in [0.15, 0.2) is 5.16 Å². The van der Waals surface area contributed by atoms with Crippen molar-refractivity contribution in [3.8, 4) is 16.9 Å². The average molecular weight is 459 g/mol. The molecule has 3 heterocycles. The number of rotatable bonds is 8. The van der Waals surface area contributed by atoms with Gasteiger partial charge in [0.2, 0.25) is 5.91 Å². The Morgan fingerprint density at radius 2 is 1.73 bits per heavy atom. The molecule has 1 amide bonds. The third-order valence-electron chi connectivity index (χ3n) is 5.43. The van der Waals surface area contributed by atoms with Crippen LogP contribution in [0.1, 0.15) is 28.9 Å². The predicted molar refractivity (Wildman–Crippen MR) is 130 cm³/mol. The molecule has 0 aliphatic carbocycles. The first kappa shape index (κ1) is 22.7. The number of aryl methyl sites for hydroxylation is 2. The van der Waals surface area contributed by atoms with Gasteiger partial charge in [-0.25, -0.2) is 14.6 Å². The van der Waals surface area contributed by atoms with Gasteiger partial charge in [0, 0.05) is 54.1 Å². The summed E-state index contributed by atoms with van der Waals surface area (Å²) in [6.45, 7) is 4.34. The molecule has 0 radical (unpaired) electrons. The molecule has 0 spiro atoms. The molecule has 4 aromatic rings. The normalized spacial score (nSPS) is 10.9. The fraction of sp³-hybridized carbons (Fsp3) is 0.240. The number of nitrogens with zero attached hydrogens (tertiary/aromatic N) is 5. The predicted octanol–water partition coefficient (Wildman–Crippen LogP) is 4.31. The molecular weight excluding hydrogens is 432 g/mol. The van der Waals surface area contributed by atoms with E-state index in [0.29, 0.717) is 19.4 Å². The van der Waals surface area contributed by atoms with E-state index in [4.69, 9.17) is 5.10 Å². The van der Waals surface area contributed by atoms with Gasteiger partial charge < -0.3 is 5.32 Å². The standard InChI is InChI=1S/C25H26N6OS/c1-17-22(18(2)29-25(28-17)33-3)9-10-23(32)27-15-20-16-31(21-7-5-4-6-8-21)30-24(20)19-11-13-26-14-12-19/h4-8,11-14,16H,9-10,15H2,1-3H3,(H,27,32). The van der Waals surface area contributed by atoms with E-state index in [9.17, 15) is 4.79 Å². The van der Waals surface area contributed by atoms with Crippen molar-refractivity contribution >= 4 is 17.7 Å². The Balaban J connectivity index is 1.47. The van der Waals surface area contributed by atoms with E-state index in [1.807, 2.05) is 73.4 Å². The Bertz CT molecular complexity index is 1220.